The largest absolute Gasteiger partial charge is 0.444 e. The van der Waals surface area contributed by atoms with Gasteiger partial charge in [-0.05, 0) is 27.7 Å². The molecule has 0 aromatic rings. The van der Waals surface area contributed by atoms with Crippen LogP contribution in [-0.4, -0.2) is 42.3 Å². The highest BCUT2D eigenvalue weighted by Gasteiger charge is 2.25. The quantitative estimate of drug-likeness (QED) is 0.727. The Hall–Kier alpha value is -0.770. The summed E-state index contributed by atoms with van der Waals surface area (Å²) in [6.45, 7) is 18.0. The molecule has 1 atom stereocenters. The molecule has 1 heterocycles. The SMILES string of the molecule is CC.CC.CC1CN(C(=O)OC(C)(C)C)CCN1. The van der Waals surface area contributed by atoms with Gasteiger partial charge in [-0.3, -0.25) is 0 Å². The van der Waals surface area contributed by atoms with Crippen molar-refractivity contribution < 1.29 is 9.53 Å². The van der Waals surface area contributed by atoms with E-state index in [1.165, 1.54) is 0 Å². The van der Waals surface area contributed by atoms with E-state index < -0.39 is 5.60 Å². The second-order valence-corrected chi connectivity index (χ2v) is 4.78. The van der Waals surface area contributed by atoms with E-state index in [4.69, 9.17) is 4.74 Å². The normalized spacial score (nSPS) is 18.9. The third-order valence-corrected chi connectivity index (χ3v) is 2.02. The van der Waals surface area contributed by atoms with Crippen molar-refractivity contribution >= 4 is 6.09 Å². The molecule has 1 N–H and O–H groups in total. The van der Waals surface area contributed by atoms with Gasteiger partial charge in [0.2, 0.25) is 0 Å². The van der Waals surface area contributed by atoms with Gasteiger partial charge in [0.15, 0.2) is 0 Å². The molecule has 1 rings (SSSR count). The van der Waals surface area contributed by atoms with Crippen LogP contribution in [-0.2, 0) is 4.74 Å². The number of carbonyl (C=O) groups excluding carboxylic acids is 1. The third-order valence-electron chi connectivity index (χ3n) is 2.02. The summed E-state index contributed by atoms with van der Waals surface area (Å²) in [4.78, 5) is 13.4. The first-order valence-electron chi connectivity index (χ1n) is 7.10. The molecule has 1 aliphatic heterocycles. The first-order valence-corrected chi connectivity index (χ1v) is 7.10. The van der Waals surface area contributed by atoms with E-state index in [-0.39, 0.29) is 6.09 Å². The van der Waals surface area contributed by atoms with Crippen molar-refractivity contribution in [2.75, 3.05) is 19.6 Å². The molecule has 1 unspecified atom stereocenters. The molecule has 0 radical (unpaired) electrons. The van der Waals surface area contributed by atoms with E-state index in [9.17, 15) is 4.79 Å². The molecule has 1 fully saturated rings. The summed E-state index contributed by atoms with van der Waals surface area (Å²) >= 11 is 0. The minimum Gasteiger partial charge on any atom is -0.444 e. The number of amides is 1. The Morgan fingerprint density at radius 2 is 1.72 bits per heavy atom. The first kappa shape index (κ1) is 19.6. The lowest BCUT2D eigenvalue weighted by atomic mass is 10.2. The highest BCUT2D eigenvalue weighted by atomic mass is 16.6. The fourth-order valence-electron chi connectivity index (χ4n) is 1.42. The van der Waals surface area contributed by atoms with Crippen LogP contribution in [0.4, 0.5) is 4.79 Å². The smallest absolute Gasteiger partial charge is 0.410 e. The number of piperazine rings is 1. The molecule has 110 valence electrons. The number of nitrogens with zero attached hydrogens (tertiary/aromatic N) is 1. The molecule has 4 heteroatoms. The number of ether oxygens (including phenoxy) is 1. The molecule has 0 aromatic heterocycles. The lowest BCUT2D eigenvalue weighted by Gasteiger charge is -2.33. The van der Waals surface area contributed by atoms with Gasteiger partial charge in [0.25, 0.3) is 0 Å². The molecular weight excluding hydrogens is 228 g/mol. The Bertz CT molecular complexity index is 212. The predicted molar refractivity (Wildman–Crippen MR) is 78.0 cm³/mol. The molecule has 1 saturated heterocycles. The van der Waals surface area contributed by atoms with Crippen molar-refractivity contribution in [3.05, 3.63) is 0 Å². The van der Waals surface area contributed by atoms with Crippen molar-refractivity contribution in [3.63, 3.8) is 0 Å². The summed E-state index contributed by atoms with van der Waals surface area (Å²) in [5.74, 6) is 0. The van der Waals surface area contributed by atoms with Crippen molar-refractivity contribution in [3.8, 4) is 0 Å². The summed E-state index contributed by atoms with van der Waals surface area (Å²) in [6, 6.07) is 0.358. The molecule has 1 amide bonds. The summed E-state index contributed by atoms with van der Waals surface area (Å²) in [5.41, 5.74) is -0.398. The maximum atomic E-state index is 11.6. The first-order chi connectivity index (χ1) is 8.38. The average molecular weight is 260 g/mol. The maximum Gasteiger partial charge on any atom is 0.410 e. The maximum absolute atomic E-state index is 11.6. The second-order valence-electron chi connectivity index (χ2n) is 4.78. The summed E-state index contributed by atoms with van der Waals surface area (Å²) < 4.78 is 5.28. The molecule has 18 heavy (non-hydrogen) atoms. The van der Waals surface area contributed by atoms with Gasteiger partial charge in [-0.15, -0.1) is 0 Å². The third kappa shape index (κ3) is 9.28. The summed E-state index contributed by atoms with van der Waals surface area (Å²) in [6.07, 6.45) is -0.203. The van der Waals surface area contributed by atoms with Crippen LogP contribution in [0.2, 0.25) is 0 Å². The van der Waals surface area contributed by atoms with Gasteiger partial charge in [-0.25, -0.2) is 4.79 Å². The van der Waals surface area contributed by atoms with Crippen molar-refractivity contribution in [2.45, 2.75) is 67.0 Å². The predicted octanol–water partition coefficient (Wildman–Crippen LogP) is 3.27. The van der Waals surface area contributed by atoms with Crippen molar-refractivity contribution in [1.29, 1.82) is 0 Å². The molecule has 4 nitrogen and oxygen atoms in total. The lowest BCUT2D eigenvalue weighted by molar-refractivity contribution is 0.0201. The van der Waals surface area contributed by atoms with Crippen LogP contribution in [0.3, 0.4) is 0 Å². The van der Waals surface area contributed by atoms with Crippen molar-refractivity contribution in [2.24, 2.45) is 0 Å². The molecule has 0 aromatic carbocycles. The average Bonchev–Trinajstić information content (AvgIpc) is 2.32. The number of hydrogen-bond acceptors (Lipinski definition) is 3. The van der Waals surface area contributed by atoms with E-state index in [0.29, 0.717) is 6.04 Å². The van der Waals surface area contributed by atoms with Gasteiger partial charge in [-0.1, -0.05) is 27.7 Å². The van der Waals surface area contributed by atoms with Crippen LogP contribution in [0.5, 0.6) is 0 Å². The van der Waals surface area contributed by atoms with Crippen LogP contribution in [0.15, 0.2) is 0 Å². The van der Waals surface area contributed by atoms with E-state index in [1.54, 1.807) is 4.90 Å². The number of nitrogens with one attached hydrogen (secondary N) is 1. The minimum atomic E-state index is -0.398. The number of carbonyl (C=O) groups is 1. The fourth-order valence-corrected chi connectivity index (χ4v) is 1.42. The summed E-state index contributed by atoms with van der Waals surface area (Å²) in [5, 5.41) is 3.28. The highest BCUT2D eigenvalue weighted by molar-refractivity contribution is 5.68. The molecule has 0 saturated carbocycles. The monoisotopic (exact) mass is 260 g/mol. The topological polar surface area (TPSA) is 41.6 Å². The van der Waals surface area contributed by atoms with E-state index >= 15 is 0 Å². The van der Waals surface area contributed by atoms with Gasteiger partial charge in [-0.2, -0.15) is 0 Å². The Labute approximate surface area is 113 Å². The zero-order valence-corrected chi connectivity index (χ0v) is 13.5. The van der Waals surface area contributed by atoms with Crippen LogP contribution in [0.1, 0.15) is 55.4 Å². The summed E-state index contributed by atoms with van der Waals surface area (Å²) in [7, 11) is 0. The standard InChI is InChI=1S/C10H20N2O2.2C2H6/c1-8-7-12(6-5-11-8)9(13)14-10(2,3)4;2*1-2/h8,11H,5-7H2,1-4H3;2*1-2H3. The highest BCUT2D eigenvalue weighted by Crippen LogP contribution is 2.11. The molecule has 0 bridgehead atoms. The van der Waals surface area contributed by atoms with Crippen molar-refractivity contribution in [1.82, 2.24) is 10.2 Å². The van der Waals surface area contributed by atoms with Gasteiger partial charge in [0.1, 0.15) is 5.60 Å². The van der Waals surface area contributed by atoms with Gasteiger partial charge >= 0.3 is 6.09 Å². The molecular formula is C14H32N2O2. The zero-order chi connectivity index (χ0) is 14.8. The van der Waals surface area contributed by atoms with Crippen LogP contribution in [0, 0.1) is 0 Å². The van der Waals surface area contributed by atoms with Gasteiger partial charge < -0.3 is 15.0 Å². The Balaban J connectivity index is 0. The molecule has 1 aliphatic rings. The van der Waals surface area contributed by atoms with Crippen LogP contribution < -0.4 is 5.32 Å². The van der Waals surface area contributed by atoms with E-state index in [2.05, 4.69) is 12.2 Å². The molecule has 0 spiro atoms. The Morgan fingerprint density at radius 3 is 2.11 bits per heavy atom. The van der Waals surface area contributed by atoms with Gasteiger partial charge in [0, 0.05) is 25.7 Å². The van der Waals surface area contributed by atoms with Crippen LogP contribution in [0.25, 0.3) is 0 Å². The minimum absolute atomic E-state index is 0.203. The van der Waals surface area contributed by atoms with E-state index in [1.807, 2.05) is 48.5 Å². The Morgan fingerprint density at radius 1 is 1.22 bits per heavy atom. The van der Waals surface area contributed by atoms with E-state index in [0.717, 1.165) is 19.6 Å². The lowest BCUT2D eigenvalue weighted by Crippen LogP contribution is -2.52. The fraction of sp³-hybridized carbons (Fsp3) is 0.929. The van der Waals surface area contributed by atoms with Gasteiger partial charge in [0.05, 0.1) is 0 Å². The van der Waals surface area contributed by atoms with Crippen LogP contribution >= 0.6 is 0 Å². The molecule has 0 aliphatic carbocycles. The number of hydrogen-bond donors (Lipinski definition) is 1. The second kappa shape index (κ2) is 10.2. The Kier molecular flexibility index (Phi) is 11.1. The number of rotatable bonds is 0. The zero-order valence-electron chi connectivity index (χ0n) is 13.5.